The van der Waals surface area contributed by atoms with Gasteiger partial charge in [0.1, 0.15) is 6.04 Å². The van der Waals surface area contributed by atoms with Crippen LogP contribution in [0.5, 0.6) is 0 Å². The molecule has 0 aromatic rings. The third-order valence-electron chi connectivity index (χ3n) is 2.67. The Morgan fingerprint density at radius 3 is 3.00 bits per heavy atom. The summed E-state index contributed by atoms with van der Waals surface area (Å²) in [4.78, 5) is 13.8. The summed E-state index contributed by atoms with van der Waals surface area (Å²) in [7, 11) is 0. The molecule has 2 unspecified atom stereocenters. The lowest BCUT2D eigenvalue weighted by Crippen LogP contribution is -2.44. The van der Waals surface area contributed by atoms with Crippen molar-refractivity contribution in [3.05, 3.63) is 0 Å². The number of hydrogen-bond donors (Lipinski definition) is 1. The van der Waals surface area contributed by atoms with E-state index in [-0.39, 0.29) is 24.4 Å². The van der Waals surface area contributed by atoms with Gasteiger partial charge in [0.05, 0.1) is 12.5 Å². The highest BCUT2D eigenvalue weighted by molar-refractivity contribution is 5.82. The largest absolute Gasteiger partial charge is 0.352 e. The molecule has 0 radical (unpaired) electrons. The van der Waals surface area contributed by atoms with E-state index in [4.69, 9.17) is 5.26 Å². The van der Waals surface area contributed by atoms with Gasteiger partial charge in [-0.1, -0.05) is 6.92 Å². The number of carbonyl (C=O) groups excluding carboxylic acids is 1. The minimum absolute atomic E-state index is 0.00148. The normalized spacial score (nSPS) is 29.1. The standard InChI is InChI=1S/C10H17N3O/c1-3-13-7-5-8(2)12-10(14)9(13)4-6-11/h8-9H,3-5,7H2,1-2H3,(H,12,14). The van der Waals surface area contributed by atoms with Crippen molar-refractivity contribution < 1.29 is 4.79 Å². The molecule has 78 valence electrons. The predicted octanol–water partition coefficient (Wildman–Crippen LogP) is 0.499. The van der Waals surface area contributed by atoms with Gasteiger partial charge in [-0.15, -0.1) is 0 Å². The van der Waals surface area contributed by atoms with E-state index in [1.54, 1.807) is 0 Å². The molecule has 0 saturated carbocycles. The number of nitriles is 1. The van der Waals surface area contributed by atoms with Gasteiger partial charge in [0.2, 0.25) is 5.91 Å². The summed E-state index contributed by atoms with van der Waals surface area (Å²) in [5.41, 5.74) is 0. The summed E-state index contributed by atoms with van der Waals surface area (Å²) in [6, 6.07) is 2.04. The second-order valence-corrected chi connectivity index (χ2v) is 3.70. The van der Waals surface area contributed by atoms with E-state index in [1.165, 1.54) is 0 Å². The van der Waals surface area contributed by atoms with Crippen molar-refractivity contribution in [3.8, 4) is 6.07 Å². The van der Waals surface area contributed by atoms with Gasteiger partial charge in [-0.25, -0.2) is 0 Å². The maximum absolute atomic E-state index is 11.7. The van der Waals surface area contributed by atoms with Crippen LogP contribution in [0, 0.1) is 11.3 Å². The Balaban J connectivity index is 2.73. The number of nitrogens with zero attached hydrogens (tertiary/aromatic N) is 2. The van der Waals surface area contributed by atoms with E-state index in [9.17, 15) is 4.79 Å². The van der Waals surface area contributed by atoms with E-state index in [0.717, 1.165) is 19.5 Å². The topological polar surface area (TPSA) is 56.1 Å². The minimum atomic E-state index is -0.255. The van der Waals surface area contributed by atoms with Crippen molar-refractivity contribution in [1.29, 1.82) is 5.26 Å². The molecular formula is C10H17N3O. The molecule has 1 aliphatic rings. The van der Waals surface area contributed by atoms with E-state index >= 15 is 0 Å². The summed E-state index contributed by atoms with van der Waals surface area (Å²) in [5.74, 6) is -0.00148. The molecule has 14 heavy (non-hydrogen) atoms. The zero-order valence-corrected chi connectivity index (χ0v) is 8.79. The fraction of sp³-hybridized carbons (Fsp3) is 0.800. The fourth-order valence-electron chi connectivity index (χ4n) is 1.78. The molecule has 1 saturated heterocycles. The second-order valence-electron chi connectivity index (χ2n) is 3.70. The van der Waals surface area contributed by atoms with Crippen LogP contribution in [0.15, 0.2) is 0 Å². The van der Waals surface area contributed by atoms with Crippen LogP contribution < -0.4 is 5.32 Å². The second kappa shape index (κ2) is 4.97. The van der Waals surface area contributed by atoms with Crippen molar-refractivity contribution in [2.24, 2.45) is 0 Å². The molecule has 1 aliphatic heterocycles. The highest BCUT2D eigenvalue weighted by Gasteiger charge is 2.28. The van der Waals surface area contributed by atoms with Gasteiger partial charge in [-0.2, -0.15) is 5.26 Å². The molecular weight excluding hydrogens is 178 g/mol. The average Bonchev–Trinajstić information content (AvgIpc) is 2.28. The zero-order valence-electron chi connectivity index (χ0n) is 8.79. The van der Waals surface area contributed by atoms with Crippen LogP contribution in [0.3, 0.4) is 0 Å². The van der Waals surface area contributed by atoms with Crippen molar-refractivity contribution in [2.45, 2.75) is 38.8 Å². The molecule has 4 heteroatoms. The monoisotopic (exact) mass is 195 g/mol. The highest BCUT2D eigenvalue weighted by Crippen LogP contribution is 2.10. The first-order chi connectivity index (χ1) is 6.69. The number of nitrogens with one attached hydrogen (secondary N) is 1. The van der Waals surface area contributed by atoms with Crippen LogP contribution in [-0.2, 0) is 4.79 Å². The molecule has 1 fully saturated rings. The van der Waals surface area contributed by atoms with Crippen LogP contribution in [0.1, 0.15) is 26.7 Å². The molecule has 1 rings (SSSR count). The number of rotatable bonds is 2. The number of carbonyl (C=O) groups is 1. The lowest BCUT2D eigenvalue weighted by atomic mass is 10.2. The molecule has 2 atom stereocenters. The number of amides is 1. The summed E-state index contributed by atoms with van der Waals surface area (Å²) >= 11 is 0. The van der Waals surface area contributed by atoms with E-state index < -0.39 is 0 Å². The molecule has 0 aromatic carbocycles. The summed E-state index contributed by atoms with van der Waals surface area (Å²) in [5, 5.41) is 11.6. The number of likely N-dealkylation sites (N-methyl/N-ethyl adjacent to an activating group) is 1. The Morgan fingerprint density at radius 2 is 2.43 bits per heavy atom. The highest BCUT2D eigenvalue weighted by atomic mass is 16.2. The van der Waals surface area contributed by atoms with Crippen molar-refractivity contribution in [1.82, 2.24) is 10.2 Å². The maximum Gasteiger partial charge on any atom is 0.238 e. The Kier molecular flexibility index (Phi) is 3.90. The van der Waals surface area contributed by atoms with Gasteiger partial charge >= 0.3 is 0 Å². The fourth-order valence-corrected chi connectivity index (χ4v) is 1.78. The Hall–Kier alpha value is -1.08. The Morgan fingerprint density at radius 1 is 1.71 bits per heavy atom. The lowest BCUT2D eigenvalue weighted by Gasteiger charge is -2.24. The molecule has 4 nitrogen and oxygen atoms in total. The molecule has 0 aromatic heterocycles. The Bertz CT molecular complexity index is 246. The zero-order chi connectivity index (χ0) is 10.6. The first-order valence-corrected chi connectivity index (χ1v) is 5.10. The van der Waals surface area contributed by atoms with Crippen molar-refractivity contribution in [2.75, 3.05) is 13.1 Å². The van der Waals surface area contributed by atoms with Crippen LogP contribution in [0.2, 0.25) is 0 Å². The minimum Gasteiger partial charge on any atom is -0.352 e. The lowest BCUT2D eigenvalue weighted by molar-refractivity contribution is -0.125. The van der Waals surface area contributed by atoms with Crippen LogP contribution in [0.4, 0.5) is 0 Å². The first kappa shape index (κ1) is 11.0. The first-order valence-electron chi connectivity index (χ1n) is 5.10. The van der Waals surface area contributed by atoms with Gasteiger partial charge in [-0.3, -0.25) is 9.69 Å². The molecule has 0 spiro atoms. The van der Waals surface area contributed by atoms with Gasteiger partial charge in [0.25, 0.3) is 0 Å². The van der Waals surface area contributed by atoms with Crippen LogP contribution >= 0.6 is 0 Å². The maximum atomic E-state index is 11.7. The average molecular weight is 195 g/mol. The molecule has 0 aliphatic carbocycles. The van der Waals surface area contributed by atoms with Crippen LogP contribution in [0.25, 0.3) is 0 Å². The summed E-state index contributed by atoms with van der Waals surface area (Å²) < 4.78 is 0. The smallest absolute Gasteiger partial charge is 0.238 e. The van der Waals surface area contributed by atoms with Crippen molar-refractivity contribution >= 4 is 5.91 Å². The van der Waals surface area contributed by atoms with Crippen LogP contribution in [-0.4, -0.2) is 36.0 Å². The van der Waals surface area contributed by atoms with Gasteiger partial charge in [-0.05, 0) is 19.9 Å². The van der Waals surface area contributed by atoms with E-state index in [2.05, 4.69) is 16.3 Å². The third kappa shape index (κ3) is 2.46. The van der Waals surface area contributed by atoms with Gasteiger partial charge < -0.3 is 5.32 Å². The van der Waals surface area contributed by atoms with Crippen molar-refractivity contribution in [3.63, 3.8) is 0 Å². The SMILES string of the molecule is CCN1CCC(C)NC(=O)C1CC#N. The Labute approximate surface area is 84.9 Å². The molecule has 1 amide bonds. The quantitative estimate of drug-likeness (QED) is 0.698. The predicted molar refractivity (Wildman–Crippen MR) is 53.5 cm³/mol. The van der Waals surface area contributed by atoms with E-state index in [0.29, 0.717) is 0 Å². The van der Waals surface area contributed by atoms with E-state index in [1.807, 2.05) is 13.8 Å². The third-order valence-corrected chi connectivity index (χ3v) is 2.67. The van der Waals surface area contributed by atoms with Gasteiger partial charge in [0, 0.05) is 12.6 Å². The molecule has 1 heterocycles. The number of hydrogen-bond acceptors (Lipinski definition) is 3. The molecule has 0 bridgehead atoms. The van der Waals surface area contributed by atoms with Gasteiger partial charge in [0.15, 0.2) is 0 Å². The summed E-state index contributed by atoms with van der Waals surface area (Å²) in [6.07, 6.45) is 1.24. The summed E-state index contributed by atoms with van der Waals surface area (Å²) in [6.45, 7) is 5.74. The molecule has 1 N–H and O–H groups in total.